The Morgan fingerprint density at radius 1 is 1.52 bits per heavy atom. The number of aliphatic carboxylic acids is 1. The average molecular weight is 370 g/mol. The zero-order valence-electron chi connectivity index (χ0n) is 11.3. The molecule has 110 valence electrons. The zero-order valence-corrected chi connectivity index (χ0v) is 13.7. The van der Waals surface area contributed by atoms with E-state index in [1.165, 1.54) is 0 Å². The van der Waals surface area contributed by atoms with E-state index in [1.807, 2.05) is 0 Å². The first-order chi connectivity index (χ1) is 9.99. The Morgan fingerprint density at radius 2 is 2.29 bits per heavy atom. The van der Waals surface area contributed by atoms with Gasteiger partial charge in [-0.15, -0.1) is 5.10 Å². The Balaban J connectivity index is 2.29. The second kappa shape index (κ2) is 6.77. The van der Waals surface area contributed by atoms with Gasteiger partial charge in [-0.1, -0.05) is 6.07 Å². The summed E-state index contributed by atoms with van der Waals surface area (Å²) in [6.07, 6.45) is 1.56. The lowest BCUT2D eigenvalue weighted by atomic mass is 10.2. The number of rotatable bonds is 5. The lowest BCUT2D eigenvalue weighted by Crippen LogP contribution is -1.97. The molecule has 8 heteroatoms. The summed E-state index contributed by atoms with van der Waals surface area (Å²) in [5, 5.41) is 16.2. The van der Waals surface area contributed by atoms with Gasteiger partial charge in [0.05, 0.1) is 11.6 Å². The van der Waals surface area contributed by atoms with Gasteiger partial charge in [-0.25, -0.2) is 9.78 Å². The number of aromatic nitrogens is 3. The van der Waals surface area contributed by atoms with Crippen molar-refractivity contribution < 1.29 is 14.6 Å². The van der Waals surface area contributed by atoms with Crippen LogP contribution in [-0.4, -0.2) is 33.4 Å². The third-order valence-electron chi connectivity index (χ3n) is 2.46. The fraction of sp³-hybridized carbons (Fsp3) is 0.154. The Labute approximate surface area is 133 Å². The number of aromatic amines is 1. The highest BCUT2D eigenvalue weighted by atomic mass is 79.9. The number of hydrogen-bond acceptors (Lipinski definition) is 5. The molecule has 0 aliphatic heterocycles. The number of ether oxygens (including phenoxy) is 1. The number of carboxylic acid groups (broad SMARTS) is 1. The van der Waals surface area contributed by atoms with E-state index in [0.29, 0.717) is 16.7 Å². The van der Waals surface area contributed by atoms with E-state index in [9.17, 15) is 9.90 Å². The first-order valence-electron chi connectivity index (χ1n) is 5.85. The maximum atomic E-state index is 11.3. The summed E-state index contributed by atoms with van der Waals surface area (Å²) in [6, 6.07) is 5.32. The van der Waals surface area contributed by atoms with Crippen LogP contribution in [0.4, 0.5) is 0 Å². The zero-order chi connectivity index (χ0) is 15.4. The molecule has 21 heavy (non-hydrogen) atoms. The number of nitrogens with zero attached hydrogens (tertiary/aromatic N) is 2. The van der Waals surface area contributed by atoms with Crippen molar-refractivity contribution in [2.45, 2.75) is 12.1 Å². The number of H-pyrrole nitrogens is 1. The minimum Gasteiger partial charge on any atom is -0.496 e. The van der Waals surface area contributed by atoms with Gasteiger partial charge in [-0.05, 0) is 58.4 Å². The number of carbonyl (C=O) groups is 1. The van der Waals surface area contributed by atoms with Crippen molar-refractivity contribution in [1.29, 1.82) is 0 Å². The Morgan fingerprint density at radius 3 is 2.81 bits per heavy atom. The highest BCUT2D eigenvalue weighted by Crippen LogP contribution is 2.29. The molecule has 2 rings (SSSR count). The number of methoxy groups -OCH3 is 1. The van der Waals surface area contributed by atoms with Gasteiger partial charge in [0.25, 0.3) is 0 Å². The molecule has 1 aromatic heterocycles. The highest BCUT2D eigenvalue weighted by Gasteiger charge is 2.13. The Kier molecular flexibility index (Phi) is 5.03. The van der Waals surface area contributed by atoms with Crippen LogP contribution in [0.2, 0.25) is 0 Å². The topological polar surface area (TPSA) is 88.1 Å². The molecule has 0 atom stereocenters. The van der Waals surface area contributed by atoms with Gasteiger partial charge in [0.2, 0.25) is 5.16 Å². The van der Waals surface area contributed by atoms with Crippen molar-refractivity contribution >= 4 is 39.7 Å². The molecule has 0 unspecified atom stereocenters. The SMILES string of the molecule is COc1ccc(/C=C(\Sc2n[nH]c(C)n2)C(=O)O)cc1Br. The maximum Gasteiger partial charge on any atom is 0.342 e. The summed E-state index contributed by atoms with van der Waals surface area (Å²) >= 11 is 4.36. The fourth-order valence-electron chi connectivity index (χ4n) is 1.52. The van der Waals surface area contributed by atoms with Gasteiger partial charge in [0, 0.05) is 0 Å². The molecular weight excluding hydrogens is 358 g/mol. The number of halogens is 1. The van der Waals surface area contributed by atoms with Crippen LogP contribution < -0.4 is 4.74 Å². The molecular formula is C13H12BrN3O3S. The highest BCUT2D eigenvalue weighted by molar-refractivity contribution is 9.10. The Bertz CT molecular complexity index is 700. The minimum absolute atomic E-state index is 0.131. The summed E-state index contributed by atoms with van der Waals surface area (Å²) < 4.78 is 5.89. The summed E-state index contributed by atoms with van der Waals surface area (Å²) in [6.45, 7) is 1.75. The smallest absolute Gasteiger partial charge is 0.342 e. The first kappa shape index (κ1) is 15.6. The van der Waals surface area contributed by atoms with E-state index in [4.69, 9.17) is 4.74 Å². The third-order valence-corrected chi connectivity index (χ3v) is 3.96. The molecule has 2 N–H and O–H groups in total. The molecule has 6 nitrogen and oxygen atoms in total. The summed E-state index contributed by atoms with van der Waals surface area (Å²) in [5.41, 5.74) is 0.736. The first-order valence-corrected chi connectivity index (χ1v) is 7.46. The molecule has 0 saturated carbocycles. The van der Waals surface area contributed by atoms with Gasteiger partial charge in [-0.2, -0.15) is 0 Å². The minimum atomic E-state index is -1.03. The van der Waals surface area contributed by atoms with Crippen LogP contribution in [0.3, 0.4) is 0 Å². The van der Waals surface area contributed by atoms with Crippen LogP contribution in [0.25, 0.3) is 6.08 Å². The van der Waals surface area contributed by atoms with Crippen molar-refractivity contribution in [3.05, 3.63) is 39.0 Å². The van der Waals surface area contributed by atoms with Crippen LogP contribution >= 0.6 is 27.7 Å². The average Bonchev–Trinajstić information content (AvgIpc) is 2.83. The Hall–Kier alpha value is -1.80. The van der Waals surface area contributed by atoms with Crippen molar-refractivity contribution in [1.82, 2.24) is 15.2 Å². The van der Waals surface area contributed by atoms with Crippen LogP contribution in [0, 0.1) is 6.92 Å². The van der Waals surface area contributed by atoms with Gasteiger partial charge in [0.15, 0.2) is 0 Å². The number of nitrogens with one attached hydrogen (secondary N) is 1. The molecule has 0 fully saturated rings. The van der Waals surface area contributed by atoms with Crippen molar-refractivity contribution in [3.8, 4) is 5.75 Å². The van der Waals surface area contributed by atoms with Crippen LogP contribution in [0.5, 0.6) is 5.75 Å². The maximum absolute atomic E-state index is 11.3. The number of thioether (sulfide) groups is 1. The lowest BCUT2D eigenvalue weighted by Gasteiger charge is -2.04. The normalized spacial score (nSPS) is 11.5. The van der Waals surface area contributed by atoms with Gasteiger partial charge in [0.1, 0.15) is 16.5 Å². The summed E-state index contributed by atoms with van der Waals surface area (Å²) in [5.74, 6) is 0.282. The van der Waals surface area contributed by atoms with Crippen LogP contribution in [0.1, 0.15) is 11.4 Å². The molecule has 0 amide bonds. The predicted molar refractivity (Wildman–Crippen MR) is 83.3 cm³/mol. The molecule has 1 heterocycles. The van der Waals surface area contributed by atoms with Gasteiger partial charge in [-0.3, -0.25) is 5.10 Å². The fourth-order valence-corrected chi connectivity index (χ4v) is 2.84. The quantitative estimate of drug-likeness (QED) is 0.621. The molecule has 0 radical (unpaired) electrons. The lowest BCUT2D eigenvalue weighted by molar-refractivity contribution is -0.131. The van der Waals surface area contributed by atoms with Crippen molar-refractivity contribution in [3.63, 3.8) is 0 Å². The largest absolute Gasteiger partial charge is 0.496 e. The third kappa shape index (κ3) is 4.08. The van der Waals surface area contributed by atoms with Crippen LogP contribution in [-0.2, 0) is 4.79 Å². The standard InChI is InChI=1S/C13H12BrN3O3S/c1-7-15-13(17-16-7)21-11(12(18)19)6-8-3-4-10(20-2)9(14)5-8/h3-6H,1-2H3,(H,18,19)(H,15,16,17)/b11-6-. The van der Waals surface area contributed by atoms with Crippen molar-refractivity contribution in [2.75, 3.05) is 7.11 Å². The van der Waals surface area contributed by atoms with E-state index in [2.05, 4.69) is 31.1 Å². The van der Waals surface area contributed by atoms with E-state index in [1.54, 1.807) is 38.3 Å². The second-order valence-corrected chi connectivity index (χ2v) is 5.88. The number of hydrogen-bond donors (Lipinski definition) is 2. The number of aryl methyl sites for hydroxylation is 1. The second-order valence-electron chi connectivity index (χ2n) is 4.01. The van der Waals surface area contributed by atoms with Crippen LogP contribution in [0.15, 0.2) is 32.7 Å². The molecule has 0 aliphatic carbocycles. The van der Waals surface area contributed by atoms with E-state index in [-0.39, 0.29) is 4.91 Å². The molecule has 0 saturated heterocycles. The van der Waals surface area contributed by atoms with E-state index >= 15 is 0 Å². The van der Waals surface area contributed by atoms with E-state index in [0.717, 1.165) is 21.8 Å². The van der Waals surface area contributed by atoms with Crippen molar-refractivity contribution in [2.24, 2.45) is 0 Å². The molecule has 0 spiro atoms. The number of carboxylic acids is 1. The van der Waals surface area contributed by atoms with Gasteiger partial charge < -0.3 is 9.84 Å². The monoisotopic (exact) mass is 369 g/mol. The molecule has 1 aromatic carbocycles. The molecule has 0 aliphatic rings. The predicted octanol–water partition coefficient (Wildman–Crippen LogP) is 3.10. The molecule has 2 aromatic rings. The summed E-state index contributed by atoms with van der Waals surface area (Å²) in [7, 11) is 1.57. The molecule has 0 bridgehead atoms. The van der Waals surface area contributed by atoms with E-state index < -0.39 is 5.97 Å². The summed E-state index contributed by atoms with van der Waals surface area (Å²) in [4.78, 5) is 15.5. The van der Waals surface area contributed by atoms with Gasteiger partial charge >= 0.3 is 5.97 Å². The number of benzene rings is 1.